The summed E-state index contributed by atoms with van der Waals surface area (Å²) in [5.74, 6) is 0.732. The third-order valence-electron chi connectivity index (χ3n) is 5.41. The number of ether oxygens (including phenoxy) is 1. The minimum Gasteiger partial charge on any atom is -0.375 e. The van der Waals surface area contributed by atoms with Crippen LogP contribution in [0.3, 0.4) is 0 Å². The van der Waals surface area contributed by atoms with E-state index in [1.54, 1.807) is 0 Å². The standard InChI is InChI=1S/C17H32N2O2/c1-6-14-16(20)19(15(18-14)12(4)5)13-9-10-21-17(7-2,8-3)11-13/h12-15,18H,6-11H2,1-5H3. The molecule has 2 rings (SSSR count). The third-order valence-corrected chi connectivity index (χ3v) is 5.41. The minimum absolute atomic E-state index is 0.00195. The van der Waals surface area contributed by atoms with Gasteiger partial charge in [-0.2, -0.15) is 0 Å². The van der Waals surface area contributed by atoms with E-state index >= 15 is 0 Å². The highest BCUT2D eigenvalue weighted by Crippen LogP contribution is 2.36. The summed E-state index contributed by atoms with van der Waals surface area (Å²) in [6.07, 6.45) is 5.05. The lowest BCUT2D eigenvalue weighted by Crippen LogP contribution is -2.53. The Kier molecular flexibility index (Phi) is 5.31. The van der Waals surface area contributed by atoms with Crippen LogP contribution in [0, 0.1) is 5.92 Å². The third kappa shape index (κ3) is 3.11. The van der Waals surface area contributed by atoms with Crippen molar-refractivity contribution in [1.29, 1.82) is 0 Å². The summed E-state index contributed by atoms with van der Waals surface area (Å²) >= 11 is 0. The molecule has 3 atom stereocenters. The molecule has 4 heteroatoms. The van der Waals surface area contributed by atoms with Crippen LogP contribution in [0.4, 0.5) is 0 Å². The molecule has 122 valence electrons. The average molecular weight is 296 g/mol. The van der Waals surface area contributed by atoms with Gasteiger partial charge in [0.15, 0.2) is 0 Å². The molecule has 0 aromatic rings. The summed E-state index contributed by atoms with van der Waals surface area (Å²) in [5, 5.41) is 3.54. The molecule has 0 radical (unpaired) electrons. The molecule has 4 nitrogen and oxygen atoms in total. The van der Waals surface area contributed by atoms with Gasteiger partial charge >= 0.3 is 0 Å². The lowest BCUT2D eigenvalue weighted by molar-refractivity contribution is -0.144. The van der Waals surface area contributed by atoms with Crippen molar-refractivity contribution in [1.82, 2.24) is 10.2 Å². The molecule has 2 saturated heterocycles. The molecule has 0 aliphatic carbocycles. The van der Waals surface area contributed by atoms with Crippen molar-refractivity contribution >= 4 is 5.91 Å². The quantitative estimate of drug-likeness (QED) is 0.848. The van der Waals surface area contributed by atoms with E-state index in [1.165, 1.54) is 0 Å². The van der Waals surface area contributed by atoms with Gasteiger partial charge in [0.1, 0.15) is 0 Å². The van der Waals surface area contributed by atoms with Gasteiger partial charge in [-0.25, -0.2) is 0 Å². The maximum Gasteiger partial charge on any atom is 0.241 e. The second kappa shape index (κ2) is 6.66. The van der Waals surface area contributed by atoms with Crippen molar-refractivity contribution in [3.63, 3.8) is 0 Å². The molecule has 0 spiro atoms. The molecule has 0 aromatic carbocycles. The highest BCUT2D eigenvalue weighted by molar-refractivity contribution is 5.84. The molecule has 1 amide bonds. The van der Waals surface area contributed by atoms with E-state index in [4.69, 9.17) is 4.74 Å². The van der Waals surface area contributed by atoms with Gasteiger partial charge in [0.2, 0.25) is 5.91 Å². The molecule has 1 N–H and O–H groups in total. The number of hydrogen-bond acceptors (Lipinski definition) is 3. The minimum atomic E-state index is -0.0327. The van der Waals surface area contributed by atoms with Gasteiger partial charge < -0.3 is 9.64 Å². The van der Waals surface area contributed by atoms with Crippen LogP contribution >= 0.6 is 0 Å². The summed E-state index contributed by atoms with van der Waals surface area (Å²) < 4.78 is 6.08. The van der Waals surface area contributed by atoms with Crippen LogP contribution in [0.1, 0.15) is 66.7 Å². The molecule has 3 unspecified atom stereocenters. The Morgan fingerprint density at radius 2 is 2.00 bits per heavy atom. The number of nitrogens with one attached hydrogen (secondary N) is 1. The van der Waals surface area contributed by atoms with Crippen molar-refractivity contribution < 1.29 is 9.53 Å². The van der Waals surface area contributed by atoms with E-state index in [0.717, 1.165) is 38.7 Å². The van der Waals surface area contributed by atoms with Crippen LogP contribution in [0.25, 0.3) is 0 Å². The topological polar surface area (TPSA) is 41.6 Å². The Morgan fingerprint density at radius 1 is 1.33 bits per heavy atom. The number of hydrogen-bond donors (Lipinski definition) is 1. The van der Waals surface area contributed by atoms with E-state index in [9.17, 15) is 4.79 Å². The van der Waals surface area contributed by atoms with E-state index < -0.39 is 0 Å². The van der Waals surface area contributed by atoms with Gasteiger partial charge in [-0.3, -0.25) is 10.1 Å². The number of nitrogens with zero attached hydrogens (tertiary/aromatic N) is 1. The van der Waals surface area contributed by atoms with Crippen molar-refractivity contribution in [2.45, 2.75) is 90.6 Å². The fourth-order valence-corrected chi connectivity index (χ4v) is 3.87. The van der Waals surface area contributed by atoms with E-state index in [1.807, 2.05) is 0 Å². The highest BCUT2D eigenvalue weighted by Gasteiger charge is 2.46. The van der Waals surface area contributed by atoms with Crippen LogP contribution in [0.15, 0.2) is 0 Å². The normalized spacial score (nSPS) is 33.0. The van der Waals surface area contributed by atoms with Crippen LogP contribution < -0.4 is 5.32 Å². The summed E-state index contributed by atoms with van der Waals surface area (Å²) in [5.41, 5.74) is -0.0327. The maximum atomic E-state index is 12.8. The van der Waals surface area contributed by atoms with E-state index in [-0.39, 0.29) is 17.8 Å². The molecule has 2 aliphatic rings. The van der Waals surface area contributed by atoms with Gasteiger partial charge in [-0.1, -0.05) is 34.6 Å². The SMILES string of the molecule is CCC1NC(C(C)C)N(C2CCOC(CC)(CC)C2)C1=O. The summed E-state index contributed by atoms with van der Waals surface area (Å²) in [6.45, 7) is 11.7. The summed E-state index contributed by atoms with van der Waals surface area (Å²) in [4.78, 5) is 14.9. The number of carbonyl (C=O) groups excluding carboxylic acids is 1. The molecule has 21 heavy (non-hydrogen) atoms. The Morgan fingerprint density at radius 3 is 2.52 bits per heavy atom. The van der Waals surface area contributed by atoms with Crippen LogP contribution in [0.2, 0.25) is 0 Å². The summed E-state index contributed by atoms with van der Waals surface area (Å²) in [7, 11) is 0. The van der Waals surface area contributed by atoms with Gasteiger partial charge in [0, 0.05) is 12.6 Å². The molecular weight excluding hydrogens is 264 g/mol. The van der Waals surface area contributed by atoms with Crippen molar-refractivity contribution in [3.8, 4) is 0 Å². The van der Waals surface area contributed by atoms with Crippen molar-refractivity contribution in [2.75, 3.05) is 6.61 Å². The molecule has 0 aromatic heterocycles. The average Bonchev–Trinajstić information content (AvgIpc) is 2.84. The van der Waals surface area contributed by atoms with Crippen LogP contribution in [0.5, 0.6) is 0 Å². The molecule has 2 aliphatic heterocycles. The van der Waals surface area contributed by atoms with Crippen molar-refractivity contribution in [2.24, 2.45) is 5.92 Å². The van der Waals surface area contributed by atoms with E-state index in [0.29, 0.717) is 17.9 Å². The Labute approximate surface area is 129 Å². The molecule has 0 saturated carbocycles. The lowest BCUT2D eigenvalue weighted by atomic mass is 9.85. The van der Waals surface area contributed by atoms with Crippen molar-refractivity contribution in [3.05, 3.63) is 0 Å². The Bertz CT molecular complexity index is 366. The predicted octanol–water partition coefficient (Wildman–Crippen LogP) is 2.92. The molecule has 0 bridgehead atoms. The van der Waals surface area contributed by atoms with Gasteiger partial charge in [-0.15, -0.1) is 0 Å². The number of rotatable bonds is 5. The fraction of sp³-hybridized carbons (Fsp3) is 0.941. The zero-order valence-electron chi connectivity index (χ0n) is 14.3. The lowest BCUT2D eigenvalue weighted by Gasteiger charge is -2.45. The first-order valence-corrected chi connectivity index (χ1v) is 8.70. The first-order valence-electron chi connectivity index (χ1n) is 8.70. The molecular formula is C17H32N2O2. The van der Waals surface area contributed by atoms with Gasteiger partial charge in [-0.05, 0) is 38.0 Å². The first-order chi connectivity index (χ1) is 9.98. The largest absolute Gasteiger partial charge is 0.375 e. The molecule has 2 heterocycles. The fourth-order valence-electron chi connectivity index (χ4n) is 3.87. The zero-order chi connectivity index (χ0) is 15.6. The van der Waals surface area contributed by atoms with Crippen LogP contribution in [-0.4, -0.2) is 41.3 Å². The monoisotopic (exact) mass is 296 g/mol. The Balaban J connectivity index is 2.19. The second-order valence-corrected chi connectivity index (χ2v) is 6.95. The summed E-state index contributed by atoms with van der Waals surface area (Å²) in [6, 6.07) is 0.320. The number of amides is 1. The van der Waals surface area contributed by atoms with Crippen LogP contribution in [-0.2, 0) is 9.53 Å². The first kappa shape index (κ1) is 16.8. The Hall–Kier alpha value is -0.610. The van der Waals surface area contributed by atoms with E-state index in [2.05, 4.69) is 44.8 Å². The smallest absolute Gasteiger partial charge is 0.241 e. The maximum absolute atomic E-state index is 12.8. The highest BCUT2D eigenvalue weighted by atomic mass is 16.5. The van der Waals surface area contributed by atoms with Gasteiger partial charge in [0.05, 0.1) is 17.8 Å². The molecule has 2 fully saturated rings. The number of carbonyl (C=O) groups is 1. The predicted molar refractivity (Wildman–Crippen MR) is 85.0 cm³/mol. The zero-order valence-corrected chi connectivity index (χ0v) is 14.3. The second-order valence-electron chi connectivity index (χ2n) is 6.95. The van der Waals surface area contributed by atoms with Gasteiger partial charge in [0.25, 0.3) is 0 Å².